The minimum absolute atomic E-state index is 0.213. The second-order valence-electron chi connectivity index (χ2n) is 7.42. The highest BCUT2D eigenvalue weighted by molar-refractivity contribution is 5.69. The van der Waals surface area contributed by atoms with Crippen molar-refractivity contribution in [3.8, 4) is 6.07 Å². The fraction of sp³-hybridized carbons (Fsp3) is 0.364. The maximum atomic E-state index is 12.8. The van der Waals surface area contributed by atoms with E-state index in [9.17, 15) is 9.90 Å². The summed E-state index contributed by atoms with van der Waals surface area (Å²) in [5, 5.41) is 20.5. The summed E-state index contributed by atoms with van der Waals surface area (Å²) >= 11 is 0. The van der Waals surface area contributed by atoms with E-state index >= 15 is 0 Å². The molecule has 28 heavy (non-hydrogen) atoms. The number of nitriles is 1. The van der Waals surface area contributed by atoms with Gasteiger partial charge in [-0.15, -0.1) is 0 Å². The lowest BCUT2D eigenvalue weighted by atomic mass is 9.76. The van der Waals surface area contributed by atoms with E-state index in [1.165, 1.54) is 0 Å². The fourth-order valence-corrected chi connectivity index (χ4v) is 4.18. The Labute approximate surface area is 163 Å². The molecule has 6 heteroatoms. The number of amides is 1. The topological polar surface area (TPSA) is 82.8 Å². The van der Waals surface area contributed by atoms with Crippen molar-refractivity contribution in [1.29, 1.82) is 5.26 Å². The van der Waals surface area contributed by atoms with Crippen LogP contribution in [0.1, 0.15) is 29.5 Å². The first-order valence-electron chi connectivity index (χ1n) is 9.39. The number of morpholine rings is 1. The molecule has 0 spiro atoms. The zero-order valence-corrected chi connectivity index (χ0v) is 15.5. The Morgan fingerprint density at radius 3 is 2.57 bits per heavy atom. The highest BCUT2D eigenvalue weighted by atomic mass is 16.6. The summed E-state index contributed by atoms with van der Waals surface area (Å²) in [6.45, 7) is 0.930. The first-order chi connectivity index (χ1) is 13.6. The second kappa shape index (κ2) is 7.63. The number of aliphatic hydroxyl groups is 1. The lowest BCUT2D eigenvalue weighted by molar-refractivity contribution is -0.136. The summed E-state index contributed by atoms with van der Waals surface area (Å²) in [4.78, 5) is 14.5. The van der Waals surface area contributed by atoms with Crippen LogP contribution >= 0.6 is 0 Å². The fourth-order valence-electron chi connectivity index (χ4n) is 4.18. The lowest BCUT2D eigenvalue weighted by Gasteiger charge is -2.51. The van der Waals surface area contributed by atoms with Gasteiger partial charge in [0.05, 0.1) is 42.5 Å². The molecule has 2 atom stereocenters. The minimum Gasteiger partial charge on any atom is -0.445 e. The van der Waals surface area contributed by atoms with E-state index in [-0.39, 0.29) is 24.8 Å². The monoisotopic (exact) mass is 378 g/mol. The molecular weight excluding hydrogens is 356 g/mol. The third kappa shape index (κ3) is 3.59. The van der Waals surface area contributed by atoms with E-state index in [2.05, 4.69) is 6.07 Å². The van der Waals surface area contributed by atoms with Gasteiger partial charge in [0.2, 0.25) is 0 Å². The average molecular weight is 378 g/mol. The molecule has 2 aromatic rings. The van der Waals surface area contributed by atoms with Crippen LogP contribution in [0.25, 0.3) is 0 Å². The van der Waals surface area contributed by atoms with Crippen molar-refractivity contribution in [3.05, 3.63) is 71.3 Å². The molecule has 0 aliphatic carbocycles. The average Bonchev–Trinajstić information content (AvgIpc) is 2.72. The Morgan fingerprint density at radius 2 is 1.89 bits per heavy atom. The van der Waals surface area contributed by atoms with Crippen molar-refractivity contribution in [1.82, 2.24) is 4.90 Å². The molecule has 144 valence electrons. The quantitative estimate of drug-likeness (QED) is 0.888. The number of hydrogen-bond donors (Lipinski definition) is 1. The van der Waals surface area contributed by atoms with Crippen LogP contribution in [0.4, 0.5) is 4.79 Å². The number of rotatable bonds is 3. The molecule has 0 radical (unpaired) electrons. The Bertz CT molecular complexity index is 879. The Kier molecular flexibility index (Phi) is 5.03. The third-order valence-corrected chi connectivity index (χ3v) is 5.50. The van der Waals surface area contributed by atoms with Crippen molar-refractivity contribution >= 4 is 6.09 Å². The molecule has 2 aromatic carbocycles. The number of piperidine rings is 1. The molecule has 2 bridgehead atoms. The number of benzene rings is 2. The predicted molar refractivity (Wildman–Crippen MR) is 101 cm³/mol. The van der Waals surface area contributed by atoms with Gasteiger partial charge in [0.1, 0.15) is 6.61 Å². The second-order valence-corrected chi connectivity index (χ2v) is 7.42. The van der Waals surface area contributed by atoms with Gasteiger partial charge < -0.3 is 14.6 Å². The van der Waals surface area contributed by atoms with E-state index in [0.717, 1.165) is 5.56 Å². The standard InChI is InChI=1S/C22H22N2O4/c23-12-17-7-4-8-18(9-17)22(26)10-19-14-27-15-20(11-22)24(19)21(25)28-13-16-5-2-1-3-6-16/h1-9,19-20,26H,10-11,13-15H2. The maximum absolute atomic E-state index is 12.8. The highest BCUT2D eigenvalue weighted by Crippen LogP contribution is 2.41. The van der Waals surface area contributed by atoms with Crippen molar-refractivity contribution < 1.29 is 19.4 Å². The Hall–Kier alpha value is -2.88. The van der Waals surface area contributed by atoms with E-state index in [4.69, 9.17) is 14.7 Å². The summed E-state index contributed by atoms with van der Waals surface area (Å²) in [6.07, 6.45) is 0.312. The zero-order valence-electron chi connectivity index (χ0n) is 15.5. The van der Waals surface area contributed by atoms with Crippen molar-refractivity contribution in [2.45, 2.75) is 37.1 Å². The molecule has 2 fully saturated rings. The highest BCUT2D eigenvalue weighted by Gasteiger charge is 2.49. The Morgan fingerprint density at radius 1 is 1.18 bits per heavy atom. The van der Waals surface area contributed by atoms with Gasteiger partial charge in [-0.2, -0.15) is 5.26 Å². The molecule has 0 saturated carbocycles. The molecule has 2 heterocycles. The zero-order chi connectivity index (χ0) is 19.6. The molecule has 2 saturated heterocycles. The Balaban J connectivity index is 1.50. The molecule has 0 aromatic heterocycles. The number of hydrogen-bond acceptors (Lipinski definition) is 5. The summed E-state index contributed by atoms with van der Waals surface area (Å²) < 4.78 is 11.2. The van der Waals surface area contributed by atoms with Crippen LogP contribution in [0.3, 0.4) is 0 Å². The number of nitrogens with zero attached hydrogens (tertiary/aromatic N) is 2. The number of carbonyl (C=O) groups excluding carboxylic acids is 1. The first kappa shape index (κ1) is 18.5. The molecule has 6 nitrogen and oxygen atoms in total. The molecule has 1 amide bonds. The van der Waals surface area contributed by atoms with Crippen molar-refractivity contribution in [2.75, 3.05) is 13.2 Å². The van der Waals surface area contributed by atoms with Crippen LogP contribution in [0.15, 0.2) is 54.6 Å². The predicted octanol–water partition coefficient (Wildman–Crippen LogP) is 2.95. The van der Waals surface area contributed by atoms with Gasteiger partial charge >= 0.3 is 6.09 Å². The van der Waals surface area contributed by atoms with Gasteiger partial charge in [0, 0.05) is 12.8 Å². The summed E-state index contributed by atoms with van der Waals surface area (Å²) in [6, 6.07) is 18.2. The molecule has 1 N–H and O–H groups in total. The van der Waals surface area contributed by atoms with Gasteiger partial charge in [0.25, 0.3) is 0 Å². The van der Waals surface area contributed by atoms with Crippen LogP contribution in [0, 0.1) is 11.3 Å². The molecule has 2 aliphatic rings. The van der Waals surface area contributed by atoms with Gasteiger partial charge in [-0.3, -0.25) is 4.90 Å². The van der Waals surface area contributed by atoms with E-state index in [1.54, 1.807) is 23.1 Å². The first-order valence-corrected chi connectivity index (χ1v) is 9.39. The van der Waals surface area contributed by atoms with Crippen LogP contribution in [-0.4, -0.2) is 41.4 Å². The largest absolute Gasteiger partial charge is 0.445 e. The van der Waals surface area contributed by atoms with Crippen molar-refractivity contribution in [3.63, 3.8) is 0 Å². The molecule has 4 rings (SSSR count). The van der Waals surface area contributed by atoms with Gasteiger partial charge in [0.15, 0.2) is 0 Å². The number of fused-ring (bicyclic) bond motifs is 2. The summed E-state index contributed by atoms with van der Waals surface area (Å²) in [5.41, 5.74) is 1.05. The third-order valence-electron chi connectivity index (χ3n) is 5.50. The van der Waals surface area contributed by atoms with Crippen molar-refractivity contribution in [2.24, 2.45) is 0 Å². The smallest absolute Gasteiger partial charge is 0.410 e. The SMILES string of the molecule is N#Cc1cccc(C2(O)CC3COCC(C2)N3C(=O)OCc2ccccc2)c1. The molecule has 2 unspecified atom stereocenters. The van der Waals surface area contributed by atoms with E-state index in [0.29, 0.717) is 37.2 Å². The maximum Gasteiger partial charge on any atom is 0.410 e. The summed E-state index contributed by atoms with van der Waals surface area (Å²) in [5.74, 6) is 0. The lowest BCUT2D eigenvalue weighted by Crippen LogP contribution is -2.62. The summed E-state index contributed by atoms with van der Waals surface area (Å²) in [7, 11) is 0. The normalized spacial score (nSPS) is 26.4. The number of ether oxygens (including phenoxy) is 2. The van der Waals surface area contributed by atoms with Crippen LogP contribution < -0.4 is 0 Å². The van der Waals surface area contributed by atoms with Crippen LogP contribution in [0.2, 0.25) is 0 Å². The van der Waals surface area contributed by atoms with Gasteiger partial charge in [-0.05, 0) is 23.3 Å². The van der Waals surface area contributed by atoms with E-state index in [1.807, 2.05) is 36.4 Å². The molecule has 2 aliphatic heterocycles. The van der Waals surface area contributed by atoms with Gasteiger partial charge in [-0.1, -0.05) is 42.5 Å². The van der Waals surface area contributed by atoms with E-state index < -0.39 is 5.60 Å². The van der Waals surface area contributed by atoms with Crippen LogP contribution in [0.5, 0.6) is 0 Å². The number of carbonyl (C=O) groups is 1. The minimum atomic E-state index is -1.10. The van der Waals surface area contributed by atoms with Crippen LogP contribution in [-0.2, 0) is 21.7 Å². The molecular formula is C22H22N2O4. The van der Waals surface area contributed by atoms with Gasteiger partial charge in [-0.25, -0.2) is 4.79 Å².